The highest BCUT2D eigenvalue weighted by molar-refractivity contribution is 6.76. The predicted octanol–water partition coefficient (Wildman–Crippen LogP) is 4.22. The van der Waals surface area contributed by atoms with Crippen molar-refractivity contribution in [3.8, 4) is 22.5 Å². The molecule has 2 atom stereocenters. The molecule has 1 aliphatic heterocycles. The van der Waals surface area contributed by atoms with Crippen LogP contribution >= 0.6 is 0 Å². The van der Waals surface area contributed by atoms with E-state index < -0.39 is 20.1 Å². The molecule has 1 saturated heterocycles. The smallest absolute Gasteiger partial charge is 0.352 e. The lowest BCUT2D eigenvalue weighted by atomic mass is 9.88. The normalized spacial score (nSPS) is 17.0. The molecule has 5 aromatic rings. The fourth-order valence-corrected chi connectivity index (χ4v) is 5.89. The van der Waals surface area contributed by atoms with Gasteiger partial charge in [0.2, 0.25) is 17.0 Å². The molecule has 11 heteroatoms. The van der Waals surface area contributed by atoms with Gasteiger partial charge in [0.15, 0.2) is 5.58 Å². The van der Waals surface area contributed by atoms with Crippen molar-refractivity contribution in [3.05, 3.63) is 93.1 Å². The van der Waals surface area contributed by atoms with Gasteiger partial charge in [0.25, 0.3) is 0 Å². The molecule has 6 rings (SSSR count). The molecule has 1 fully saturated rings. The third-order valence-corrected chi connectivity index (χ3v) is 9.29. The fourth-order valence-electron chi connectivity index (χ4n) is 5.13. The monoisotopic (exact) mass is 584 g/mol. The fraction of sp³-hybridized carbons (Fsp3) is 0.290. The number of aromatic nitrogens is 3. The summed E-state index contributed by atoms with van der Waals surface area (Å²) < 4.78 is 20.2. The maximum absolute atomic E-state index is 14.1. The molecule has 2 N–H and O–H groups in total. The molecule has 0 bridgehead atoms. The van der Waals surface area contributed by atoms with Gasteiger partial charge in [-0.05, 0) is 23.2 Å². The summed E-state index contributed by atoms with van der Waals surface area (Å²) >= 11 is 0. The lowest BCUT2D eigenvalue weighted by Gasteiger charge is -2.34. The number of fused-ring (bicyclic) bond motifs is 3. The second-order valence-corrected chi connectivity index (χ2v) is 17.4. The number of hydrogen-bond acceptors (Lipinski definition) is 7. The van der Waals surface area contributed by atoms with Gasteiger partial charge in [-0.1, -0.05) is 74.2 Å². The van der Waals surface area contributed by atoms with Crippen molar-refractivity contribution in [2.24, 2.45) is 5.73 Å². The minimum atomic E-state index is -1.28. The van der Waals surface area contributed by atoms with Crippen LogP contribution < -0.4 is 16.9 Å². The number of hydrogen-bond donors (Lipinski definition) is 1. The van der Waals surface area contributed by atoms with Gasteiger partial charge in [-0.3, -0.25) is 9.59 Å². The van der Waals surface area contributed by atoms with Crippen LogP contribution in [0.2, 0.25) is 25.7 Å². The number of nitrogens with two attached hydrogens (primary N) is 1. The number of pyridine rings is 1. The Morgan fingerprint density at radius 1 is 1.05 bits per heavy atom. The van der Waals surface area contributed by atoms with Crippen LogP contribution in [0, 0.1) is 0 Å². The third kappa shape index (κ3) is 5.10. The lowest BCUT2D eigenvalue weighted by Crippen LogP contribution is -2.47. The highest BCUT2D eigenvalue weighted by Gasteiger charge is 2.37. The second-order valence-electron chi connectivity index (χ2n) is 11.8. The van der Waals surface area contributed by atoms with Crippen LogP contribution in [0.4, 0.5) is 0 Å². The van der Waals surface area contributed by atoms with E-state index in [9.17, 15) is 14.4 Å². The van der Waals surface area contributed by atoms with Gasteiger partial charge in [-0.2, -0.15) is 4.68 Å². The van der Waals surface area contributed by atoms with E-state index >= 15 is 0 Å². The van der Waals surface area contributed by atoms with Gasteiger partial charge in [0, 0.05) is 32.4 Å². The number of amides is 1. The summed E-state index contributed by atoms with van der Waals surface area (Å²) in [6.07, 6.45) is 0.885. The van der Waals surface area contributed by atoms with E-state index in [1.807, 2.05) is 54.6 Å². The highest BCUT2D eigenvalue weighted by atomic mass is 28.3. The third-order valence-electron chi connectivity index (χ3n) is 7.59. The quantitative estimate of drug-likeness (QED) is 0.203. The Kier molecular flexibility index (Phi) is 7.17. The predicted molar refractivity (Wildman–Crippen MR) is 162 cm³/mol. The summed E-state index contributed by atoms with van der Waals surface area (Å²) in [6, 6.07) is 19.3. The maximum Gasteiger partial charge on any atom is 0.352 e. The minimum absolute atomic E-state index is 0.00926. The number of carbonyl (C=O) groups is 1. The molecule has 0 radical (unpaired) electrons. The minimum Gasteiger partial charge on any atom is -0.451 e. The zero-order valence-corrected chi connectivity index (χ0v) is 24.7. The summed E-state index contributed by atoms with van der Waals surface area (Å²) in [6.45, 7) is 7.75. The topological polar surface area (TPSA) is 131 Å². The molecule has 2 unspecified atom stereocenters. The number of ether oxygens (including phenoxy) is 2. The largest absolute Gasteiger partial charge is 0.451 e. The molecule has 2 aromatic carbocycles. The molecule has 42 heavy (non-hydrogen) atoms. The first-order valence-corrected chi connectivity index (χ1v) is 17.6. The van der Waals surface area contributed by atoms with Crippen molar-refractivity contribution < 1.29 is 18.7 Å². The van der Waals surface area contributed by atoms with E-state index in [2.05, 4.69) is 24.7 Å². The van der Waals surface area contributed by atoms with Crippen molar-refractivity contribution in [3.63, 3.8) is 0 Å². The number of benzene rings is 2. The highest BCUT2D eigenvalue weighted by Crippen LogP contribution is 2.36. The van der Waals surface area contributed by atoms with E-state index in [4.69, 9.17) is 19.6 Å². The Balaban J connectivity index is 1.45. The SMILES string of the molecule is C[Si](C)(C)CCOCn1nc2c3oc(-c4ccccc4)c(-c4ccc(C5COC5C(N)=O)cc4)c(=O)c3ccn2c1=O. The van der Waals surface area contributed by atoms with E-state index in [1.54, 1.807) is 6.07 Å². The number of rotatable bonds is 9. The number of carbonyl (C=O) groups excluding carboxylic acids is 1. The molecule has 0 spiro atoms. The molecule has 1 aliphatic rings. The van der Waals surface area contributed by atoms with Crippen LogP contribution in [0.25, 0.3) is 39.1 Å². The average molecular weight is 585 g/mol. The molecule has 10 nitrogen and oxygen atoms in total. The molecular formula is C31H32N4O6Si. The molecule has 0 saturated carbocycles. The summed E-state index contributed by atoms with van der Waals surface area (Å²) in [5.74, 6) is -0.258. The summed E-state index contributed by atoms with van der Waals surface area (Å²) in [7, 11) is -1.28. The van der Waals surface area contributed by atoms with Gasteiger partial charge in [-0.25, -0.2) is 9.20 Å². The molecule has 0 aliphatic carbocycles. The first-order chi connectivity index (χ1) is 20.1. The lowest BCUT2D eigenvalue weighted by molar-refractivity contribution is -0.146. The second kappa shape index (κ2) is 10.8. The van der Waals surface area contributed by atoms with Crippen molar-refractivity contribution >= 4 is 30.6 Å². The van der Waals surface area contributed by atoms with Gasteiger partial charge >= 0.3 is 5.69 Å². The molecule has 3 aromatic heterocycles. The average Bonchev–Trinajstić information content (AvgIpc) is 3.26. The van der Waals surface area contributed by atoms with Crippen molar-refractivity contribution in [2.45, 2.75) is 44.4 Å². The Morgan fingerprint density at radius 3 is 2.43 bits per heavy atom. The van der Waals surface area contributed by atoms with Crippen molar-refractivity contribution in [2.75, 3.05) is 13.2 Å². The maximum atomic E-state index is 14.1. The van der Waals surface area contributed by atoms with Crippen molar-refractivity contribution in [1.29, 1.82) is 0 Å². The summed E-state index contributed by atoms with van der Waals surface area (Å²) in [4.78, 5) is 38.9. The molecule has 1 amide bonds. The summed E-state index contributed by atoms with van der Waals surface area (Å²) in [5, 5.41) is 4.80. The molecule has 216 valence electrons. The van der Waals surface area contributed by atoms with Crippen molar-refractivity contribution in [1.82, 2.24) is 14.2 Å². The summed E-state index contributed by atoms with van der Waals surface area (Å²) in [5.41, 5.74) is 7.93. The van der Waals surface area contributed by atoms with Crippen LogP contribution in [0.1, 0.15) is 11.5 Å². The first kappa shape index (κ1) is 27.8. The van der Waals surface area contributed by atoms with Crippen LogP contribution in [-0.4, -0.2) is 47.5 Å². The first-order valence-electron chi connectivity index (χ1n) is 13.9. The van der Waals surface area contributed by atoms with Gasteiger partial charge < -0.3 is 19.6 Å². The zero-order chi connectivity index (χ0) is 29.6. The van der Waals surface area contributed by atoms with Crippen LogP contribution in [0.15, 0.2) is 80.9 Å². The molecule has 4 heterocycles. The van der Waals surface area contributed by atoms with Gasteiger partial charge in [0.1, 0.15) is 18.6 Å². The van der Waals surface area contributed by atoms with E-state index in [0.29, 0.717) is 41.1 Å². The zero-order valence-electron chi connectivity index (χ0n) is 23.7. The Labute approximate surface area is 242 Å². The van der Waals surface area contributed by atoms with Crippen LogP contribution in [-0.2, 0) is 21.0 Å². The van der Waals surface area contributed by atoms with Crippen LogP contribution in [0.3, 0.4) is 0 Å². The Bertz CT molecular complexity index is 1900. The van der Waals surface area contributed by atoms with E-state index in [0.717, 1.165) is 11.6 Å². The number of primary amides is 1. The molecular weight excluding hydrogens is 552 g/mol. The van der Waals surface area contributed by atoms with Gasteiger partial charge in [0.05, 0.1) is 17.6 Å². The Hall–Kier alpha value is -4.32. The van der Waals surface area contributed by atoms with E-state index in [-0.39, 0.29) is 35.0 Å². The van der Waals surface area contributed by atoms with Gasteiger partial charge in [-0.15, -0.1) is 5.10 Å². The standard InChI is InChI=1S/C31H32N4O6Si/c1-42(2,3)16-15-39-18-35-31(38)34-14-13-22-25(36)24(20-11-9-19(10-12-20)23-17-40-27(23)29(32)37)26(21-7-5-4-6-8-21)41-28(22)30(34)33-35/h4-14,23,27H,15-18H2,1-3H3,(H2,32,37). The van der Waals surface area contributed by atoms with Crippen LogP contribution in [0.5, 0.6) is 0 Å². The Morgan fingerprint density at radius 2 is 1.79 bits per heavy atom. The number of nitrogens with zero attached hydrogens (tertiary/aromatic N) is 3. The van der Waals surface area contributed by atoms with E-state index in [1.165, 1.54) is 15.3 Å².